The molecular weight excluding hydrogens is 701 g/mol. The van der Waals surface area contributed by atoms with Crippen LogP contribution in [0.4, 0.5) is 0 Å². The highest BCUT2D eigenvalue weighted by molar-refractivity contribution is 7.47. The minimum atomic E-state index is -4.37. The quantitative estimate of drug-likeness (QED) is 0.0268. The second-order valence-electron chi connectivity index (χ2n) is 15.3. The molecule has 0 aromatic carbocycles. The molecule has 3 N–H and O–H groups in total. The summed E-state index contributed by atoms with van der Waals surface area (Å²) < 4.78 is 32.8. The first-order valence-corrected chi connectivity index (χ1v) is 24.2. The molecule has 0 saturated carbocycles. The Morgan fingerprint density at radius 2 is 0.907 bits per heavy atom. The molecule has 0 aliphatic heterocycles. The normalized spacial score (nSPS) is 13.3. The summed E-state index contributed by atoms with van der Waals surface area (Å²) in [5.74, 6) is -0.819. The molecule has 10 heteroatoms. The lowest BCUT2D eigenvalue weighted by Gasteiger charge is -2.19. The van der Waals surface area contributed by atoms with Crippen molar-refractivity contribution in [3.05, 3.63) is 12.2 Å². The number of unbranched alkanes of at least 4 members (excludes halogenated alkanes) is 28. The molecule has 1 unspecified atom stereocenters. The molecule has 0 amide bonds. The third kappa shape index (κ3) is 40.4. The first kappa shape index (κ1) is 52.8. The van der Waals surface area contributed by atoms with E-state index in [0.29, 0.717) is 6.42 Å². The highest BCUT2D eigenvalue weighted by Gasteiger charge is 2.26. The average Bonchev–Trinajstić information content (AvgIpc) is 3.16. The van der Waals surface area contributed by atoms with Crippen molar-refractivity contribution >= 4 is 19.8 Å². The van der Waals surface area contributed by atoms with Crippen molar-refractivity contribution in [3.63, 3.8) is 0 Å². The molecule has 0 aromatic rings. The van der Waals surface area contributed by atoms with Gasteiger partial charge in [-0.25, -0.2) is 4.57 Å². The van der Waals surface area contributed by atoms with Crippen LogP contribution in [0.1, 0.15) is 226 Å². The maximum atomic E-state index is 12.6. The maximum absolute atomic E-state index is 12.6. The van der Waals surface area contributed by atoms with E-state index in [9.17, 15) is 19.0 Å². The van der Waals surface area contributed by atoms with Gasteiger partial charge in [0.25, 0.3) is 0 Å². The van der Waals surface area contributed by atoms with Crippen molar-refractivity contribution in [1.29, 1.82) is 0 Å². The molecule has 0 spiro atoms. The van der Waals surface area contributed by atoms with E-state index in [2.05, 4.69) is 26.0 Å². The van der Waals surface area contributed by atoms with Crippen LogP contribution in [0, 0.1) is 0 Å². The van der Waals surface area contributed by atoms with Gasteiger partial charge in [-0.3, -0.25) is 18.6 Å². The van der Waals surface area contributed by atoms with Gasteiger partial charge in [0.15, 0.2) is 6.10 Å². The van der Waals surface area contributed by atoms with Gasteiger partial charge >= 0.3 is 19.8 Å². The zero-order valence-corrected chi connectivity index (χ0v) is 36.1. The zero-order chi connectivity index (χ0) is 39.6. The van der Waals surface area contributed by atoms with E-state index in [1.54, 1.807) is 0 Å². The fraction of sp³-hybridized carbons (Fsp3) is 0.909. The molecule has 0 aromatic heterocycles. The Morgan fingerprint density at radius 3 is 1.31 bits per heavy atom. The van der Waals surface area contributed by atoms with Gasteiger partial charge in [0.1, 0.15) is 6.61 Å². The Bertz CT molecular complexity index is 902. The number of phosphoric acid groups is 1. The van der Waals surface area contributed by atoms with Crippen LogP contribution in [0.5, 0.6) is 0 Å². The molecule has 0 bridgehead atoms. The van der Waals surface area contributed by atoms with Gasteiger partial charge in [-0.15, -0.1) is 0 Å². The molecule has 0 aliphatic carbocycles. The highest BCUT2D eigenvalue weighted by Crippen LogP contribution is 2.43. The average molecular weight is 788 g/mol. The molecule has 0 fully saturated rings. The molecule has 320 valence electrons. The number of esters is 2. The van der Waals surface area contributed by atoms with Gasteiger partial charge in [-0.1, -0.05) is 187 Å². The maximum Gasteiger partial charge on any atom is 0.472 e. The monoisotopic (exact) mass is 788 g/mol. The topological polar surface area (TPSA) is 134 Å². The van der Waals surface area contributed by atoms with E-state index in [1.165, 1.54) is 161 Å². The van der Waals surface area contributed by atoms with Gasteiger partial charge in [-0.2, -0.15) is 0 Å². The number of carbonyl (C=O) groups is 2. The fourth-order valence-corrected chi connectivity index (χ4v) is 7.28. The third-order valence-corrected chi connectivity index (χ3v) is 10.9. The van der Waals surface area contributed by atoms with Gasteiger partial charge < -0.3 is 20.1 Å². The van der Waals surface area contributed by atoms with E-state index < -0.39 is 26.5 Å². The molecule has 0 saturated heterocycles. The second-order valence-corrected chi connectivity index (χ2v) is 16.7. The predicted molar refractivity (Wildman–Crippen MR) is 224 cm³/mol. The number of nitrogens with two attached hydrogens (primary N) is 1. The molecular formula is C44H86NO8P. The predicted octanol–water partition coefficient (Wildman–Crippen LogP) is 13.0. The van der Waals surface area contributed by atoms with Crippen LogP contribution in [0.2, 0.25) is 0 Å². The summed E-state index contributed by atoms with van der Waals surface area (Å²) in [7, 11) is -4.37. The lowest BCUT2D eigenvalue weighted by molar-refractivity contribution is -0.161. The molecule has 54 heavy (non-hydrogen) atoms. The molecule has 2 atom stereocenters. The summed E-state index contributed by atoms with van der Waals surface area (Å²) in [6.07, 6.45) is 42.4. The Labute approximate surface area is 332 Å². The van der Waals surface area contributed by atoms with Crippen LogP contribution < -0.4 is 5.73 Å². The fourth-order valence-electron chi connectivity index (χ4n) is 6.51. The first-order valence-electron chi connectivity index (χ1n) is 22.7. The third-order valence-electron chi connectivity index (χ3n) is 9.90. The Balaban J connectivity index is 4.03. The van der Waals surface area contributed by atoms with Crippen molar-refractivity contribution in [2.24, 2.45) is 5.73 Å². The number of carbonyl (C=O) groups excluding carboxylic acids is 2. The minimum Gasteiger partial charge on any atom is -0.462 e. The Kier molecular flexibility index (Phi) is 40.4. The summed E-state index contributed by atoms with van der Waals surface area (Å²) in [5.41, 5.74) is 5.35. The number of hydrogen-bond donors (Lipinski definition) is 2. The van der Waals surface area contributed by atoms with Crippen molar-refractivity contribution in [2.75, 3.05) is 26.4 Å². The van der Waals surface area contributed by atoms with Crippen LogP contribution in [0.25, 0.3) is 0 Å². The number of allylic oxidation sites excluding steroid dienone is 2. The van der Waals surface area contributed by atoms with Gasteiger partial charge in [-0.05, 0) is 38.5 Å². The second kappa shape index (κ2) is 41.4. The van der Waals surface area contributed by atoms with Crippen LogP contribution in [0.15, 0.2) is 12.2 Å². The summed E-state index contributed by atoms with van der Waals surface area (Å²) in [6.45, 7) is 3.75. The Morgan fingerprint density at radius 1 is 0.537 bits per heavy atom. The van der Waals surface area contributed by atoms with Crippen molar-refractivity contribution in [2.45, 2.75) is 232 Å². The molecule has 0 aliphatic rings. The lowest BCUT2D eigenvalue weighted by atomic mass is 10.0. The van der Waals surface area contributed by atoms with Gasteiger partial charge in [0.2, 0.25) is 0 Å². The highest BCUT2D eigenvalue weighted by atomic mass is 31.2. The summed E-state index contributed by atoms with van der Waals surface area (Å²) in [5, 5.41) is 0. The molecule has 0 rings (SSSR count). The summed E-state index contributed by atoms with van der Waals surface area (Å²) >= 11 is 0. The van der Waals surface area contributed by atoms with Gasteiger partial charge in [0.05, 0.1) is 13.2 Å². The van der Waals surface area contributed by atoms with Gasteiger partial charge in [0, 0.05) is 19.4 Å². The number of rotatable bonds is 43. The Hall–Kier alpha value is -1.25. The van der Waals surface area contributed by atoms with Crippen molar-refractivity contribution in [3.8, 4) is 0 Å². The van der Waals surface area contributed by atoms with Crippen molar-refractivity contribution < 1.29 is 37.6 Å². The van der Waals surface area contributed by atoms with E-state index in [4.69, 9.17) is 24.3 Å². The summed E-state index contributed by atoms with van der Waals surface area (Å²) in [4.78, 5) is 34.8. The van der Waals surface area contributed by atoms with E-state index >= 15 is 0 Å². The van der Waals surface area contributed by atoms with Crippen molar-refractivity contribution in [1.82, 2.24) is 0 Å². The van der Waals surface area contributed by atoms with Crippen LogP contribution in [-0.2, 0) is 32.7 Å². The molecule has 9 nitrogen and oxygen atoms in total. The zero-order valence-electron chi connectivity index (χ0n) is 35.2. The smallest absolute Gasteiger partial charge is 0.462 e. The SMILES string of the molecule is CCCCCCCCC=CCCCCCCCCCCCCCC(=O)OC[C@H](COP(=O)(O)OCCN)OC(=O)CCCCCCCCCCCCCC. The minimum absolute atomic E-state index is 0.0564. The van der Waals surface area contributed by atoms with E-state index in [0.717, 1.165) is 32.1 Å². The van der Waals surface area contributed by atoms with E-state index in [1.807, 2.05) is 0 Å². The molecule has 0 heterocycles. The number of hydrogen-bond acceptors (Lipinski definition) is 8. The van der Waals surface area contributed by atoms with Crippen LogP contribution in [0.3, 0.4) is 0 Å². The van der Waals surface area contributed by atoms with E-state index in [-0.39, 0.29) is 38.6 Å². The van der Waals surface area contributed by atoms with Crippen LogP contribution >= 0.6 is 7.82 Å². The van der Waals surface area contributed by atoms with Crippen LogP contribution in [-0.4, -0.2) is 49.3 Å². The molecule has 0 radical (unpaired) electrons. The largest absolute Gasteiger partial charge is 0.472 e. The lowest BCUT2D eigenvalue weighted by Crippen LogP contribution is -2.29. The number of ether oxygens (including phenoxy) is 2. The summed E-state index contributed by atoms with van der Waals surface area (Å²) in [6, 6.07) is 0. The number of phosphoric ester groups is 1. The first-order chi connectivity index (χ1) is 26.3. The standard InChI is InChI=1S/C44H86NO8P/c1-3-5-7-9-11-13-15-17-18-19-20-21-22-23-24-25-27-28-30-32-34-36-43(46)50-40-42(41-52-54(48,49)51-39-38-45)53-44(47)37-35-33-31-29-26-16-14-12-10-8-6-4-2/h17-18,42H,3-16,19-41,45H2,1-2H3,(H,48,49)/t42-/m1/s1.